The number of nitrogens with zero attached hydrogens (tertiary/aromatic N) is 2. The van der Waals surface area contributed by atoms with E-state index in [-0.39, 0.29) is 11.9 Å². The molecule has 1 aromatic carbocycles. The van der Waals surface area contributed by atoms with E-state index in [0.29, 0.717) is 6.42 Å². The molecule has 3 rings (SSSR count). The SMILES string of the molecule is COc1ccc(C(CC(=O)N2CCCC2)n2cccc2)cc1. The number of carbonyl (C=O) groups excluding carboxylic acids is 1. The van der Waals surface area contributed by atoms with Crippen LogP contribution in [0.1, 0.15) is 30.9 Å². The maximum absolute atomic E-state index is 12.5. The molecule has 116 valence electrons. The third-order valence-electron chi connectivity index (χ3n) is 4.31. The van der Waals surface area contributed by atoms with Gasteiger partial charge in [-0.2, -0.15) is 0 Å². The molecule has 0 aliphatic carbocycles. The summed E-state index contributed by atoms with van der Waals surface area (Å²) >= 11 is 0. The van der Waals surface area contributed by atoms with Gasteiger partial charge in [-0.15, -0.1) is 0 Å². The van der Waals surface area contributed by atoms with E-state index in [1.807, 2.05) is 53.7 Å². The Morgan fingerprint density at radius 2 is 1.77 bits per heavy atom. The minimum absolute atomic E-state index is 0.0361. The van der Waals surface area contributed by atoms with E-state index < -0.39 is 0 Å². The zero-order valence-corrected chi connectivity index (χ0v) is 12.9. The van der Waals surface area contributed by atoms with Crippen molar-refractivity contribution in [1.82, 2.24) is 9.47 Å². The van der Waals surface area contributed by atoms with E-state index in [9.17, 15) is 4.79 Å². The molecule has 4 nitrogen and oxygen atoms in total. The molecular weight excluding hydrogens is 276 g/mol. The average molecular weight is 298 g/mol. The summed E-state index contributed by atoms with van der Waals surface area (Å²) in [7, 11) is 1.66. The molecule has 1 fully saturated rings. The Morgan fingerprint density at radius 1 is 1.14 bits per heavy atom. The average Bonchev–Trinajstić information content (AvgIpc) is 3.25. The Kier molecular flexibility index (Phi) is 4.47. The van der Waals surface area contributed by atoms with Gasteiger partial charge < -0.3 is 14.2 Å². The first-order valence-corrected chi connectivity index (χ1v) is 7.82. The van der Waals surface area contributed by atoms with Crippen LogP contribution in [0, 0.1) is 0 Å². The van der Waals surface area contributed by atoms with E-state index in [0.717, 1.165) is 37.2 Å². The Labute approximate surface area is 131 Å². The zero-order valence-electron chi connectivity index (χ0n) is 12.9. The molecule has 1 atom stereocenters. The number of benzene rings is 1. The molecule has 1 aromatic heterocycles. The van der Waals surface area contributed by atoms with Crippen molar-refractivity contribution in [2.75, 3.05) is 20.2 Å². The third-order valence-corrected chi connectivity index (χ3v) is 4.31. The van der Waals surface area contributed by atoms with Crippen molar-refractivity contribution in [2.24, 2.45) is 0 Å². The van der Waals surface area contributed by atoms with Gasteiger partial charge in [0.15, 0.2) is 0 Å². The number of hydrogen-bond acceptors (Lipinski definition) is 2. The molecule has 0 radical (unpaired) electrons. The molecule has 2 heterocycles. The first-order valence-electron chi connectivity index (χ1n) is 7.82. The first-order chi connectivity index (χ1) is 10.8. The second kappa shape index (κ2) is 6.69. The molecule has 4 heteroatoms. The topological polar surface area (TPSA) is 34.5 Å². The number of amides is 1. The van der Waals surface area contributed by atoms with Crippen LogP contribution in [0.4, 0.5) is 0 Å². The quantitative estimate of drug-likeness (QED) is 0.850. The smallest absolute Gasteiger partial charge is 0.225 e. The van der Waals surface area contributed by atoms with Crippen LogP contribution in [0.2, 0.25) is 0 Å². The van der Waals surface area contributed by atoms with Gasteiger partial charge in [0.1, 0.15) is 5.75 Å². The molecule has 1 unspecified atom stereocenters. The predicted molar refractivity (Wildman–Crippen MR) is 86.0 cm³/mol. The standard InChI is InChI=1S/C18H22N2O2/c1-22-16-8-6-15(7-9-16)17(19-10-2-3-11-19)14-18(21)20-12-4-5-13-20/h2-3,6-11,17H,4-5,12-14H2,1H3. The van der Waals surface area contributed by atoms with Gasteiger partial charge in [-0.25, -0.2) is 0 Å². The zero-order chi connectivity index (χ0) is 15.4. The van der Waals surface area contributed by atoms with Crippen LogP contribution in [0.5, 0.6) is 5.75 Å². The Bertz CT molecular complexity index is 599. The van der Waals surface area contributed by atoms with Crippen molar-refractivity contribution in [3.05, 3.63) is 54.4 Å². The molecule has 1 aliphatic heterocycles. The molecule has 22 heavy (non-hydrogen) atoms. The molecule has 2 aromatic rings. The number of methoxy groups -OCH3 is 1. The highest BCUT2D eigenvalue weighted by molar-refractivity contribution is 5.77. The minimum Gasteiger partial charge on any atom is -0.497 e. The van der Waals surface area contributed by atoms with Gasteiger partial charge >= 0.3 is 0 Å². The summed E-state index contributed by atoms with van der Waals surface area (Å²) in [6.07, 6.45) is 6.80. The minimum atomic E-state index is 0.0361. The van der Waals surface area contributed by atoms with E-state index >= 15 is 0 Å². The summed E-state index contributed by atoms with van der Waals surface area (Å²) in [4.78, 5) is 14.5. The Balaban J connectivity index is 1.81. The second-order valence-corrected chi connectivity index (χ2v) is 5.71. The molecule has 1 aliphatic rings. The number of carbonyl (C=O) groups is 1. The van der Waals surface area contributed by atoms with Crippen LogP contribution in [0.3, 0.4) is 0 Å². The van der Waals surface area contributed by atoms with Crippen molar-refractivity contribution >= 4 is 5.91 Å². The van der Waals surface area contributed by atoms with E-state index in [1.54, 1.807) is 7.11 Å². The van der Waals surface area contributed by atoms with E-state index in [2.05, 4.69) is 4.57 Å². The fourth-order valence-electron chi connectivity index (χ4n) is 3.04. The molecule has 1 amide bonds. The number of aromatic nitrogens is 1. The highest BCUT2D eigenvalue weighted by Gasteiger charge is 2.23. The van der Waals surface area contributed by atoms with Crippen LogP contribution >= 0.6 is 0 Å². The van der Waals surface area contributed by atoms with Crippen LogP contribution in [0.15, 0.2) is 48.8 Å². The number of rotatable bonds is 5. The molecule has 0 spiro atoms. The summed E-state index contributed by atoms with van der Waals surface area (Å²) in [5, 5.41) is 0. The van der Waals surface area contributed by atoms with Gasteiger partial charge in [0.25, 0.3) is 0 Å². The van der Waals surface area contributed by atoms with Crippen molar-refractivity contribution in [3.63, 3.8) is 0 Å². The maximum atomic E-state index is 12.5. The van der Waals surface area contributed by atoms with Gasteiger partial charge in [0.2, 0.25) is 5.91 Å². The van der Waals surface area contributed by atoms with Gasteiger partial charge in [-0.1, -0.05) is 12.1 Å². The highest BCUT2D eigenvalue weighted by Crippen LogP contribution is 2.26. The predicted octanol–water partition coefficient (Wildman–Crippen LogP) is 3.10. The Hall–Kier alpha value is -2.23. The number of likely N-dealkylation sites (tertiary alicyclic amines) is 1. The lowest BCUT2D eigenvalue weighted by Crippen LogP contribution is -2.30. The number of ether oxygens (including phenoxy) is 1. The summed E-state index contributed by atoms with van der Waals surface area (Å²) in [5.41, 5.74) is 1.13. The maximum Gasteiger partial charge on any atom is 0.225 e. The lowest BCUT2D eigenvalue weighted by Gasteiger charge is -2.23. The second-order valence-electron chi connectivity index (χ2n) is 5.71. The fourth-order valence-corrected chi connectivity index (χ4v) is 3.04. The first kappa shape index (κ1) is 14.7. The van der Waals surface area contributed by atoms with E-state index in [1.165, 1.54) is 0 Å². The summed E-state index contributed by atoms with van der Waals surface area (Å²) < 4.78 is 7.33. The largest absolute Gasteiger partial charge is 0.497 e. The third kappa shape index (κ3) is 3.16. The van der Waals surface area contributed by atoms with Crippen LogP contribution < -0.4 is 4.74 Å². The van der Waals surface area contributed by atoms with Gasteiger partial charge in [-0.3, -0.25) is 4.79 Å². The lowest BCUT2D eigenvalue weighted by atomic mass is 10.0. The lowest BCUT2D eigenvalue weighted by molar-refractivity contribution is -0.130. The van der Waals surface area contributed by atoms with Crippen LogP contribution in [-0.4, -0.2) is 35.6 Å². The molecule has 0 saturated carbocycles. The summed E-state index contributed by atoms with van der Waals surface area (Å²) in [6, 6.07) is 12.0. The van der Waals surface area contributed by atoms with E-state index in [4.69, 9.17) is 4.74 Å². The molecule has 1 saturated heterocycles. The monoisotopic (exact) mass is 298 g/mol. The van der Waals surface area contributed by atoms with Crippen LogP contribution in [0.25, 0.3) is 0 Å². The Morgan fingerprint density at radius 3 is 2.36 bits per heavy atom. The molecular formula is C18H22N2O2. The van der Waals surface area contributed by atoms with Crippen LogP contribution in [-0.2, 0) is 4.79 Å². The van der Waals surface area contributed by atoms with Gasteiger partial charge in [0, 0.05) is 25.5 Å². The molecule has 0 N–H and O–H groups in total. The van der Waals surface area contributed by atoms with Crippen molar-refractivity contribution in [1.29, 1.82) is 0 Å². The normalized spacial score (nSPS) is 15.8. The summed E-state index contributed by atoms with van der Waals surface area (Å²) in [6.45, 7) is 1.81. The van der Waals surface area contributed by atoms with Gasteiger partial charge in [0.05, 0.1) is 19.6 Å². The number of hydrogen-bond donors (Lipinski definition) is 0. The fraction of sp³-hybridized carbons (Fsp3) is 0.389. The summed E-state index contributed by atoms with van der Waals surface area (Å²) in [5.74, 6) is 1.08. The highest BCUT2D eigenvalue weighted by atomic mass is 16.5. The van der Waals surface area contributed by atoms with Crippen molar-refractivity contribution in [2.45, 2.75) is 25.3 Å². The van der Waals surface area contributed by atoms with Crippen molar-refractivity contribution < 1.29 is 9.53 Å². The molecule has 0 bridgehead atoms. The van der Waals surface area contributed by atoms with Crippen molar-refractivity contribution in [3.8, 4) is 5.75 Å². The van der Waals surface area contributed by atoms with Gasteiger partial charge in [-0.05, 0) is 42.7 Å².